The molecule has 270 valence electrons. The van der Waals surface area contributed by atoms with Gasteiger partial charge in [0.1, 0.15) is 11.4 Å². The molecule has 7 nitrogen and oxygen atoms in total. The van der Waals surface area contributed by atoms with Crippen LogP contribution in [0.3, 0.4) is 0 Å². The Morgan fingerprint density at radius 3 is 2.13 bits per heavy atom. The van der Waals surface area contributed by atoms with Crippen molar-refractivity contribution in [1.29, 1.82) is 0 Å². The molecule has 2 aliphatic rings. The Labute approximate surface area is 290 Å². The summed E-state index contributed by atoms with van der Waals surface area (Å²) in [5, 5.41) is 0. The minimum atomic E-state index is 0. The Kier molecular flexibility index (Phi) is 27.5. The van der Waals surface area contributed by atoms with Gasteiger partial charge in [0, 0.05) is 51.6 Å². The lowest BCUT2D eigenvalue weighted by Crippen LogP contribution is -2.42. The Bertz CT molecular complexity index is 973. The van der Waals surface area contributed by atoms with Crippen LogP contribution in [0, 0.1) is 35.5 Å². The topological polar surface area (TPSA) is 62.3 Å². The molecule has 0 radical (unpaired) electrons. The lowest BCUT2D eigenvalue weighted by atomic mass is 9.82. The van der Waals surface area contributed by atoms with Crippen molar-refractivity contribution in [3.8, 4) is 29.4 Å². The van der Waals surface area contributed by atoms with Crippen LogP contribution in [0.4, 0.5) is 0 Å². The minimum absolute atomic E-state index is 0. The molecule has 1 aliphatic carbocycles. The largest absolute Gasteiger partial charge is 0.466 e. The number of aromatic nitrogens is 1. The summed E-state index contributed by atoms with van der Waals surface area (Å²) in [4.78, 5) is 6.73. The highest BCUT2D eigenvalue weighted by Gasteiger charge is 2.31. The van der Waals surface area contributed by atoms with E-state index in [1.165, 1.54) is 19.3 Å². The molecule has 0 unspecified atom stereocenters. The molecule has 3 rings (SSSR count). The quantitative estimate of drug-likeness (QED) is 0.106. The molecule has 2 fully saturated rings. The Hall–Kier alpha value is -2.13. The monoisotopic (exact) mass is 659 g/mol. The second-order valence-corrected chi connectivity index (χ2v) is 13.1. The average Bonchev–Trinajstić information content (AvgIpc) is 2.99. The van der Waals surface area contributed by atoms with E-state index < -0.39 is 0 Å². The van der Waals surface area contributed by atoms with Crippen LogP contribution in [0.25, 0.3) is 0 Å². The van der Waals surface area contributed by atoms with Crippen LogP contribution in [0.5, 0.6) is 5.75 Å². The lowest BCUT2D eigenvalue weighted by Gasteiger charge is -2.38. The number of rotatable bonds is 15. The highest BCUT2D eigenvalue weighted by molar-refractivity contribution is 5.31. The van der Waals surface area contributed by atoms with Crippen molar-refractivity contribution in [2.75, 3.05) is 46.2 Å². The van der Waals surface area contributed by atoms with Gasteiger partial charge in [-0.05, 0) is 97.1 Å². The second-order valence-electron chi connectivity index (χ2n) is 13.1. The number of pyridine rings is 1. The lowest BCUT2D eigenvalue weighted by molar-refractivity contribution is -0.0862. The van der Waals surface area contributed by atoms with Gasteiger partial charge in [0.15, 0.2) is 6.79 Å². The zero-order valence-electron chi connectivity index (χ0n) is 30.7. The van der Waals surface area contributed by atoms with E-state index in [9.17, 15) is 0 Å². The summed E-state index contributed by atoms with van der Waals surface area (Å²) in [6, 6.07) is 3.70. The van der Waals surface area contributed by atoms with Crippen molar-refractivity contribution in [3.63, 3.8) is 0 Å². The van der Waals surface area contributed by atoms with E-state index in [0.29, 0.717) is 30.0 Å². The van der Waals surface area contributed by atoms with Crippen molar-refractivity contribution < 1.29 is 23.7 Å². The summed E-state index contributed by atoms with van der Waals surface area (Å²) in [5.41, 5.74) is 0.749. The van der Waals surface area contributed by atoms with Gasteiger partial charge in [-0.1, -0.05) is 47.0 Å². The predicted octanol–water partition coefficient (Wildman–Crippen LogP) is 8.78. The van der Waals surface area contributed by atoms with Crippen molar-refractivity contribution >= 4 is 0 Å². The fourth-order valence-corrected chi connectivity index (χ4v) is 4.43. The molecule has 0 atom stereocenters. The van der Waals surface area contributed by atoms with Crippen LogP contribution in [0.15, 0.2) is 18.3 Å². The molecule has 0 spiro atoms. The molecule has 1 saturated heterocycles. The van der Waals surface area contributed by atoms with Gasteiger partial charge in [-0.3, -0.25) is 0 Å². The Morgan fingerprint density at radius 1 is 0.872 bits per heavy atom. The summed E-state index contributed by atoms with van der Waals surface area (Å²) in [7, 11) is 0. The third-order valence-electron chi connectivity index (χ3n) is 6.93. The molecule has 1 saturated carbocycles. The molecule has 0 bridgehead atoms. The number of hydrogen-bond acceptors (Lipinski definition) is 7. The first-order chi connectivity index (χ1) is 22.1. The molecule has 0 amide bonds. The highest BCUT2D eigenvalue weighted by atomic mass is 16.7. The number of piperidine rings is 1. The van der Waals surface area contributed by atoms with E-state index in [2.05, 4.69) is 75.1 Å². The first-order valence-electron chi connectivity index (χ1n) is 17.9. The first-order valence-corrected chi connectivity index (χ1v) is 17.9. The van der Waals surface area contributed by atoms with Crippen molar-refractivity contribution in [3.05, 3.63) is 24.0 Å². The molecular weight excluding hydrogens is 588 g/mol. The minimum Gasteiger partial charge on any atom is -0.466 e. The van der Waals surface area contributed by atoms with Gasteiger partial charge in [0.05, 0.1) is 37.2 Å². The third kappa shape index (κ3) is 25.5. The second kappa shape index (κ2) is 28.8. The number of unbranched alkanes of at least 4 members (excludes halogenated alkanes) is 2. The third-order valence-corrected chi connectivity index (χ3v) is 6.93. The number of hydrogen-bond donors (Lipinski definition) is 0. The zero-order chi connectivity index (χ0) is 34.0. The summed E-state index contributed by atoms with van der Waals surface area (Å²) >= 11 is 0. The number of ether oxygens (including phenoxy) is 5. The van der Waals surface area contributed by atoms with Gasteiger partial charge >= 0.3 is 0 Å². The predicted molar refractivity (Wildman–Crippen MR) is 197 cm³/mol. The molecule has 0 aromatic carbocycles. The van der Waals surface area contributed by atoms with Crippen LogP contribution < -0.4 is 4.74 Å². The van der Waals surface area contributed by atoms with E-state index in [1.54, 1.807) is 6.20 Å². The van der Waals surface area contributed by atoms with Gasteiger partial charge in [0.2, 0.25) is 0 Å². The van der Waals surface area contributed by atoms with Gasteiger partial charge in [-0.2, -0.15) is 0 Å². The summed E-state index contributed by atoms with van der Waals surface area (Å²) < 4.78 is 27.8. The highest BCUT2D eigenvalue weighted by Crippen LogP contribution is 2.32. The van der Waals surface area contributed by atoms with Crippen LogP contribution >= 0.6 is 0 Å². The molecule has 2 heterocycles. The van der Waals surface area contributed by atoms with Gasteiger partial charge in [-0.15, -0.1) is 5.92 Å². The molecule has 0 N–H and O–H groups in total. The van der Waals surface area contributed by atoms with E-state index >= 15 is 0 Å². The van der Waals surface area contributed by atoms with E-state index in [-0.39, 0.29) is 20.3 Å². The van der Waals surface area contributed by atoms with Gasteiger partial charge < -0.3 is 28.6 Å². The maximum Gasteiger partial charge on any atom is 0.189 e. The van der Waals surface area contributed by atoms with Crippen molar-refractivity contribution in [1.82, 2.24) is 9.88 Å². The normalized spacial score (nSPS) is 17.5. The van der Waals surface area contributed by atoms with E-state index in [1.807, 2.05) is 32.9 Å². The molecule has 1 aromatic rings. The van der Waals surface area contributed by atoms with Gasteiger partial charge in [-0.25, -0.2) is 4.98 Å². The SMILES string of the molecule is C.CC(C)C.CCCC#CC1CC(OC2CCN(CCOC(C)C)CC2)C1.CCOCCCC#Cc1ccc(OCOC(C)C)cn1. The maximum absolute atomic E-state index is 6.23. The van der Waals surface area contributed by atoms with Crippen LogP contribution in [-0.2, 0) is 18.9 Å². The number of nitrogens with zero attached hydrogens (tertiary/aromatic N) is 2. The zero-order valence-corrected chi connectivity index (χ0v) is 30.7. The maximum atomic E-state index is 6.23. The van der Waals surface area contributed by atoms with E-state index in [0.717, 1.165) is 83.2 Å². The average molecular weight is 659 g/mol. The fourth-order valence-electron chi connectivity index (χ4n) is 4.43. The fraction of sp³-hybridized carbons (Fsp3) is 0.775. The standard InChI is InChI=1S/C19H33NO2.C16H23NO3.C4H10.CH4/c1-4-5-6-7-17-14-19(15-17)22-18-8-10-20(11-9-18)12-13-21-16(2)3;1-4-18-11-7-5-6-8-15-9-10-16(12-17-15)20-13-19-14(2)3;1-4(2)3;/h16-19H,4-5,8-15H2,1-3H3;9-10,12,14H,4-5,7,11,13H2,1-3H3;4H,1-3H3;1H4. The molecular formula is C40H70N2O5. The summed E-state index contributed by atoms with van der Waals surface area (Å²) in [6.07, 6.45) is 11.7. The van der Waals surface area contributed by atoms with Crippen molar-refractivity contribution in [2.45, 2.75) is 146 Å². The Morgan fingerprint density at radius 2 is 1.55 bits per heavy atom. The molecule has 47 heavy (non-hydrogen) atoms. The van der Waals surface area contributed by atoms with Crippen LogP contribution in [0.2, 0.25) is 0 Å². The molecule has 7 heteroatoms. The first kappa shape index (κ1) is 44.9. The van der Waals surface area contributed by atoms with E-state index in [4.69, 9.17) is 23.7 Å². The smallest absolute Gasteiger partial charge is 0.189 e. The molecule has 1 aliphatic heterocycles. The van der Waals surface area contributed by atoms with Gasteiger partial charge in [0.25, 0.3) is 0 Å². The summed E-state index contributed by atoms with van der Waals surface area (Å²) in [6.45, 7) is 24.8. The van der Waals surface area contributed by atoms with Crippen LogP contribution in [0.1, 0.15) is 127 Å². The molecule has 1 aromatic heterocycles. The van der Waals surface area contributed by atoms with Crippen molar-refractivity contribution in [2.24, 2.45) is 11.8 Å². The number of likely N-dealkylation sites (tertiary alicyclic amines) is 1. The van der Waals surface area contributed by atoms with Crippen LogP contribution in [-0.4, -0.2) is 80.5 Å². The Balaban J connectivity index is 0.000000796. The summed E-state index contributed by atoms with van der Waals surface area (Å²) in [5.74, 6) is 14.9.